The van der Waals surface area contributed by atoms with Gasteiger partial charge in [-0.05, 0) is 44.5 Å². The number of rotatable bonds is 9. The number of fused-ring (bicyclic) bond motifs is 1. The molecule has 3 N–H and O–H groups in total. The number of nitriles is 1. The predicted molar refractivity (Wildman–Crippen MR) is 145 cm³/mol. The highest BCUT2D eigenvalue weighted by Gasteiger charge is 2.33. The molecule has 0 radical (unpaired) electrons. The first-order valence-corrected chi connectivity index (χ1v) is 12.7. The fraction of sp³-hybridized carbons (Fsp3) is 0.333. The van der Waals surface area contributed by atoms with Gasteiger partial charge in [-0.1, -0.05) is 0 Å². The Kier molecular flexibility index (Phi) is 7.00. The van der Waals surface area contributed by atoms with Crippen molar-refractivity contribution in [3.63, 3.8) is 0 Å². The summed E-state index contributed by atoms with van der Waals surface area (Å²) in [6.07, 6.45) is 4.76. The minimum absolute atomic E-state index is 0.163. The second-order valence-corrected chi connectivity index (χ2v) is 10.3. The number of anilines is 2. The maximum atomic E-state index is 12.4. The van der Waals surface area contributed by atoms with Crippen LogP contribution in [0.15, 0.2) is 48.9 Å². The molecule has 1 aliphatic rings. The number of hydrogen-bond acceptors (Lipinski definition) is 8. The van der Waals surface area contributed by atoms with Gasteiger partial charge in [-0.2, -0.15) is 15.5 Å². The molecule has 13 nitrogen and oxygen atoms in total. The van der Waals surface area contributed by atoms with Crippen molar-refractivity contribution in [3.05, 3.63) is 54.5 Å². The number of carbonyl (C=O) groups excluding carboxylic acids is 1. The summed E-state index contributed by atoms with van der Waals surface area (Å²) >= 11 is 0. The number of aryl methyl sites for hydroxylation is 1. The van der Waals surface area contributed by atoms with Crippen molar-refractivity contribution in [2.45, 2.75) is 26.3 Å². The summed E-state index contributed by atoms with van der Waals surface area (Å²) in [4.78, 5) is 29.3. The zero-order valence-electron chi connectivity index (χ0n) is 22.3. The average molecular weight is 544 g/mol. The maximum Gasteiger partial charge on any atom is 0.407 e. The van der Waals surface area contributed by atoms with Crippen LogP contribution < -0.4 is 15.4 Å². The molecule has 5 heterocycles. The van der Waals surface area contributed by atoms with E-state index in [2.05, 4.69) is 31.9 Å². The Labute approximate surface area is 230 Å². The molecule has 0 aliphatic carbocycles. The van der Waals surface area contributed by atoms with E-state index in [0.29, 0.717) is 29.5 Å². The largest absolute Gasteiger partial charge is 0.487 e. The van der Waals surface area contributed by atoms with Crippen LogP contribution >= 0.6 is 0 Å². The lowest BCUT2D eigenvalue weighted by atomic mass is 9.96. The average Bonchev–Trinajstić information content (AvgIpc) is 3.48. The molecule has 4 aromatic rings. The highest BCUT2D eigenvalue weighted by Crippen LogP contribution is 2.31. The monoisotopic (exact) mass is 543 g/mol. The molecule has 2 amide bonds. The SMILES string of the molecule is Cn1ncc(OCC2CCN2C(=O)O)c1-c1ccn2nc(Nc3ccc(C(=O)NCC(C)(C)C#N)cn3)cc2c1. The van der Waals surface area contributed by atoms with Crippen LogP contribution in [0.2, 0.25) is 0 Å². The third kappa shape index (κ3) is 5.51. The Hall–Kier alpha value is -5.12. The van der Waals surface area contributed by atoms with Gasteiger partial charge >= 0.3 is 6.09 Å². The molecule has 1 unspecified atom stereocenters. The molecule has 0 bridgehead atoms. The Morgan fingerprint density at radius 3 is 2.73 bits per heavy atom. The van der Waals surface area contributed by atoms with Gasteiger partial charge in [-0.25, -0.2) is 14.3 Å². The molecule has 1 aliphatic heterocycles. The lowest BCUT2D eigenvalue weighted by molar-refractivity contribution is 0.0500. The van der Waals surface area contributed by atoms with E-state index < -0.39 is 11.5 Å². The zero-order valence-corrected chi connectivity index (χ0v) is 22.3. The van der Waals surface area contributed by atoms with Gasteiger partial charge in [0.1, 0.15) is 18.1 Å². The minimum atomic E-state index is -0.936. The highest BCUT2D eigenvalue weighted by molar-refractivity contribution is 5.94. The molecule has 0 spiro atoms. The summed E-state index contributed by atoms with van der Waals surface area (Å²) in [6, 6.07) is 11.1. The van der Waals surface area contributed by atoms with Crippen molar-refractivity contribution in [2.24, 2.45) is 12.5 Å². The van der Waals surface area contributed by atoms with Gasteiger partial charge in [0.15, 0.2) is 11.6 Å². The summed E-state index contributed by atoms with van der Waals surface area (Å²) in [5.41, 5.74) is 2.19. The second-order valence-electron chi connectivity index (χ2n) is 10.3. The molecular formula is C27H29N9O4. The number of carbonyl (C=O) groups is 2. The third-order valence-corrected chi connectivity index (χ3v) is 6.74. The highest BCUT2D eigenvalue weighted by atomic mass is 16.5. The van der Waals surface area contributed by atoms with Crippen molar-refractivity contribution in [3.8, 4) is 23.1 Å². The van der Waals surface area contributed by atoms with Crippen molar-refractivity contribution in [2.75, 3.05) is 25.0 Å². The minimum Gasteiger partial charge on any atom is -0.487 e. The molecule has 4 aromatic heterocycles. The van der Waals surface area contributed by atoms with Crippen LogP contribution in [0.1, 0.15) is 30.6 Å². The molecule has 1 saturated heterocycles. The third-order valence-electron chi connectivity index (χ3n) is 6.74. The van der Waals surface area contributed by atoms with Gasteiger partial charge in [0.25, 0.3) is 5.91 Å². The molecule has 1 fully saturated rings. The van der Waals surface area contributed by atoms with Gasteiger partial charge in [0.05, 0.1) is 34.8 Å². The summed E-state index contributed by atoms with van der Waals surface area (Å²) in [5.74, 6) is 1.36. The lowest BCUT2D eigenvalue weighted by Crippen LogP contribution is -2.53. The number of amides is 2. The van der Waals surface area contributed by atoms with E-state index in [1.807, 2.05) is 31.4 Å². The lowest BCUT2D eigenvalue weighted by Gasteiger charge is -2.38. The van der Waals surface area contributed by atoms with E-state index in [4.69, 9.17) is 10.00 Å². The number of likely N-dealkylation sites (tertiary alicyclic amines) is 1. The molecule has 40 heavy (non-hydrogen) atoms. The predicted octanol–water partition coefficient (Wildman–Crippen LogP) is 3.28. The van der Waals surface area contributed by atoms with Crippen LogP contribution in [0.25, 0.3) is 16.8 Å². The zero-order chi connectivity index (χ0) is 28.4. The topological polar surface area (TPSA) is 163 Å². The quantitative estimate of drug-likeness (QED) is 0.287. The molecule has 13 heteroatoms. The first-order valence-electron chi connectivity index (χ1n) is 12.7. The molecule has 1 atom stereocenters. The number of nitrogens with zero attached hydrogens (tertiary/aromatic N) is 7. The first-order chi connectivity index (χ1) is 19.1. The molecule has 0 saturated carbocycles. The van der Waals surface area contributed by atoms with Crippen LogP contribution in [-0.4, -0.2) is 72.1 Å². The van der Waals surface area contributed by atoms with Gasteiger partial charge in [0.2, 0.25) is 0 Å². The first kappa shape index (κ1) is 26.5. The van der Waals surface area contributed by atoms with Gasteiger partial charge in [0, 0.05) is 44.2 Å². The second kappa shape index (κ2) is 10.6. The van der Waals surface area contributed by atoms with Gasteiger partial charge in [-0.15, -0.1) is 0 Å². The Morgan fingerprint density at radius 1 is 1.23 bits per heavy atom. The fourth-order valence-corrected chi connectivity index (χ4v) is 4.28. The van der Waals surface area contributed by atoms with Crippen LogP contribution in [0.5, 0.6) is 5.75 Å². The van der Waals surface area contributed by atoms with Crippen molar-refractivity contribution in [1.82, 2.24) is 34.6 Å². The number of ether oxygens (including phenoxy) is 1. The van der Waals surface area contributed by atoms with E-state index in [-0.39, 0.29) is 25.1 Å². The number of hydrogen-bond donors (Lipinski definition) is 3. The van der Waals surface area contributed by atoms with Gasteiger partial charge in [-0.3, -0.25) is 9.48 Å². The molecular weight excluding hydrogens is 514 g/mol. The molecule has 206 valence electrons. The summed E-state index contributed by atoms with van der Waals surface area (Å²) in [6.45, 7) is 4.54. The number of pyridine rings is 2. The van der Waals surface area contributed by atoms with E-state index in [1.54, 1.807) is 41.4 Å². The number of carboxylic acid groups (broad SMARTS) is 1. The smallest absolute Gasteiger partial charge is 0.407 e. The van der Waals surface area contributed by atoms with Crippen LogP contribution in [-0.2, 0) is 7.05 Å². The Balaban J connectivity index is 1.27. The van der Waals surface area contributed by atoms with E-state index in [1.165, 1.54) is 11.1 Å². The van der Waals surface area contributed by atoms with Crippen LogP contribution in [0, 0.1) is 16.7 Å². The summed E-state index contributed by atoms with van der Waals surface area (Å²) in [5, 5.41) is 33.1. The normalized spacial score (nSPS) is 14.8. The van der Waals surface area contributed by atoms with Crippen molar-refractivity contribution in [1.29, 1.82) is 5.26 Å². The Bertz CT molecular complexity index is 1600. The van der Waals surface area contributed by atoms with E-state index in [0.717, 1.165) is 23.2 Å². The molecule has 5 rings (SSSR count). The van der Waals surface area contributed by atoms with Crippen molar-refractivity contribution < 1.29 is 19.4 Å². The maximum absolute atomic E-state index is 12.4. The van der Waals surface area contributed by atoms with Crippen molar-refractivity contribution >= 4 is 29.2 Å². The van der Waals surface area contributed by atoms with Gasteiger partial charge < -0.3 is 25.4 Å². The fourth-order valence-electron chi connectivity index (χ4n) is 4.28. The Morgan fingerprint density at radius 2 is 2.05 bits per heavy atom. The summed E-state index contributed by atoms with van der Waals surface area (Å²) < 4.78 is 9.42. The number of nitrogens with one attached hydrogen (secondary N) is 2. The van der Waals surface area contributed by atoms with E-state index in [9.17, 15) is 14.7 Å². The number of aromatic nitrogens is 5. The standard InChI is InChI=1S/C27H29N9O4/c1-27(2,15-28)16-30-25(37)18-4-5-22(29-12-18)32-23-11-20-10-17(6-9-36(20)33-23)24-21(13-31-34(24)3)40-14-19-7-8-35(19)26(38)39/h4-6,9-13,19H,7-8,14,16H2,1-3H3,(H,30,37)(H,38,39)(H,29,32,33). The molecule has 0 aromatic carbocycles. The van der Waals surface area contributed by atoms with E-state index >= 15 is 0 Å². The summed E-state index contributed by atoms with van der Waals surface area (Å²) in [7, 11) is 1.82. The van der Waals surface area contributed by atoms with Crippen LogP contribution in [0.3, 0.4) is 0 Å². The van der Waals surface area contributed by atoms with Crippen LogP contribution in [0.4, 0.5) is 16.4 Å².